The van der Waals surface area contributed by atoms with E-state index in [9.17, 15) is 35.7 Å². The Labute approximate surface area is 307 Å². The fraction of sp³-hybridized carbons (Fsp3) is 1.00. The molecule has 4 aliphatic carbocycles. The predicted molar refractivity (Wildman–Crippen MR) is 183 cm³/mol. The van der Waals surface area contributed by atoms with E-state index in [0.29, 0.717) is 37.2 Å². The molecule has 4 heterocycles. The molecule has 8 fully saturated rings. The molecule has 0 radical (unpaired) electrons. The van der Waals surface area contributed by atoms with Gasteiger partial charge in [0.1, 0.15) is 42.7 Å². The van der Waals surface area contributed by atoms with E-state index >= 15 is 0 Å². The van der Waals surface area contributed by atoms with Gasteiger partial charge in [-0.15, -0.1) is 0 Å². The number of fused-ring (bicyclic) bond motifs is 7. The molecule has 298 valence electrons. The largest absolute Gasteiger partial charge is 0.393 e. The smallest absolute Gasteiger partial charge is 0.197 e. The molecule has 13 heteroatoms. The molecule has 0 aromatic heterocycles. The number of aliphatic hydroxyl groups is 7. The minimum atomic E-state index is -1.60. The van der Waals surface area contributed by atoms with E-state index in [1.165, 1.54) is 0 Å². The van der Waals surface area contributed by atoms with Gasteiger partial charge < -0.3 is 64.2 Å². The van der Waals surface area contributed by atoms with E-state index in [4.69, 9.17) is 28.4 Å². The minimum Gasteiger partial charge on any atom is -0.393 e. The summed E-state index contributed by atoms with van der Waals surface area (Å²) in [5.41, 5.74) is -0.122. The van der Waals surface area contributed by atoms with Crippen LogP contribution in [-0.4, -0.2) is 134 Å². The topological polar surface area (TPSA) is 197 Å². The summed E-state index contributed by atoms with van der Waals surface area (Å²) >= 11 is 0. The average molecular weight is 741 g/mol. The van der Waals surface area contributed by atoms with E-state index in [1.54, 1.807) is 13.8 Å². The summed E-state index contributed by atoms with van der Waals surface area (Å²) in [6.07, 6.45) is -7.54. The molecule has 4 aliphatic heterocycles. The summed E-state index contributed by atoms with van der Waals surface area (Å²) in [6.45, 7) is 12.9. The third-order valence-corrected chi connectivity index (χ3v) is 16.1. The Hall–Kier alpha value is -0.520. The lowest BCUT2D eigenvalue weighted by Gasteiger charge is -2.63. The second-order valence-corrected chi connectivity index (χ2v) is 18.9. The summed E-state index contributed by atoms with van der Waals surface area (Å²) in [6, 6.07) is 0. The zero-order valence-electron chi connectivity index (χ0n) is 31.6. The van der Waals surface area contributed by atoms with E-state index in [2.05, 4.69) is 27.7 Å². The lowest BCUT2D eigenvalue weighted by Crippen LogP contribution is -2.64. The van der Waals surface area contributed by atoms with Crippen LogP contribution in [0.1, 0.15) is 92.9 Å². The van der Waals surface area contributed by atoms with Crippen molar-refractivity contribution in [1.29, 1.82) is 0 Å². The molecule has 0 aromatic rings. The van der Waals surface area contributed by atoms with Crippen LogP contribution >= 0.6 is 0 Å². The minimum absolute atomic E-state index is 0.00617. The first kappa shape index (κ1) is 38.4. The van der Waals surface area contributed by atoms with Crippen molar-refractivity contribution in [2.24, 2.45) is 52.3 Å². The lowest BCUT2D eigenvalue weighted by atomic mass is 9.43. The second-order valence-electron chi connectivity index (χ2n) is 18.9. The fourth-order valence-electron chi connectivity index (χ4n) is 13.3. The molecule has 8 aliphatic rings. The molecule has 7 N–H and O–H groups in total. The Balaban J connectivity index is 1.04. The summed E-state index contributed by atoms with van der Waals surface area (Å²) in [4.78, 5) is 0. The van der Waals surface area contributed by atoms with Gasteiger partial charge in [-0.1, -0.05) is 27.7 Å². The monoisotopic (exact) mass is 740 g/mol. The predicted octanol–water partition coefficient (Wildman–Crippen LogP) is 1.44. The molecule has 0 unspecified atom stereocenters. The van der Waals surface area contributed by atoms with Crippen LogP contribution in [0.2, 0.25) is 0 Å². The quantitative estimate of drug-likeness (QED) is 0.205. The molecule has 0 bridgehead atoms. The molecule has 4 saturated heterocycles. The van der Waals surface area contributed by atoms with Crippen molar-refractivity contribution in [3.63, 3.8) is 0 Å². The van der Waals surface area contributed by atoms with Crippen molar-refractivity contribution >= 4 is 0 Å². The van der Waals surface area contributed by atoms with E-state index in [-0.39, 0.29) is 46.7 Å². The van der Waals surface area contributed by atoms with Crippen LogP contribution in [-0.2, 0) is 28.4 Å². The van der Waals surface area contributed by atoms with Gasteiger partial charge in [0.25, 0.3) is 0 Å². The van der Waals surface area contributed by atoms with Crippen LogP contribution in [0.3, 0.4) is 0 Å². The maximum atomic E-state index is 11.7. The SMILES string of the molecule is C[C@@H]1CO[C@]2(O[C@H]3C[C@H]4[C@@H]5C[C@H](O[C@@H]6O[C@H](C)[C@@H](O)[C@H](O[C@@H]7O[C@@H](C)[C@H](O)[C@@H](O)[C@H]7O)[C@H]6O)[C@H]6C[C@@H](O)CC[C@]6(C)[C@H]5CC[C@]4(C)[C@H]3[C@@H]2C)[C@@H](O)C1. The summed E-state index contributed by atoms with van der Waals surface area (Å²) < 4.78 is 37.9. The summed E-state index contributed by atoms with van der Waals surface area (Å²) in [5.74, 6) is 0.760. The van der Waals surface area contributed by atoms with Gasteiger partial charge in [0, 0.05) is 5.92 Å². The van der Waals surface area contributed by atoms with Crippen LogP contribution in [0, 0.1) is 52.3 Å². The fourth-order valence-corrected chi connectivity index (χ4v) is 13.3. The van der Waals surface area contributed by atoms with Crippen molar-refractivity contribution in [2.45, 2.75) is 185 Å². The lowest BCUT2D eigenvalue weighted by molar-refractivity contribution is -0.363. The normalized spacial score (nSPS) is 61.9. The van der Waals surface area contributed by atoms with Crippen LogP contribution in [0.5, 0.6) is 0 Å². The van der Waals surface area contributed by atoms with Gasteiger partial charge in [-0.25, -0.2) is 0 Å². The van der Waals surface area contributed by atoms with Gasteiger partial charge >= 0.3 is 0 Å². The highest BCUT2D eigenvalue weighted by Crippen LogP contribution is 2.71. The van der Waals surface area contributed by atoms with Crippen LogP contribution in [0.15, 0.2) is 0 Å². The second kappa shape index (κ2) is 13.6. The van der Waals surface area contributed by atoms with Gasteiger partial charge in [-0.3, -0.25) is 0 Å². The number of aliphatic hydroxyl groups excluding tert-OH is 7. The van der Waals surface area contributed by atoms with Gasteiger partial charge in [-0.2, -0.15) is 0 Å². The molecule has 24 atom stereocenters. The van der Waals surface area contributed by atoms with E-state index in [0.717, 1.165) is 38.5 Å². The highest BCUT2D eigenvalue weighted by molar-refractivity contribution is 5.17. The first-order chi connectivity index (χ1) is 24.5. The van der Waals surface area contributed by atoms with Crippen molar-refractivity contribution in [2.75, 3.05) is 6.61 Å². The molecule has 52 heavy (non-hydrogen) atoms. The van der Waals surface area contributed by atoms with Gasteiger partial charge in [0.15, 0.2) is 18.4 Å². The number of hydrogen-bond acceptors (Lipinski definition) is 13. The van der Waals surface area contributed by atoms with Gasteiger partial charge in [0.05, 0.1) is 37.1 Å². The highest BCUT2D eigenvalue weighted by Gasteiger charge is 2.71. The zero-order chi connectivity index (χ0) is 37.2. The van der Waals surface area contributed by atoms with Gasteiger partial charge in [-0.05, 0) is 112 Å². The Morgan fingerprint density at radius 2 is 1.31 bits per heavy atom. The standard InChI is InChI=1S/C39H64O13/c1-16-11-27(41)39(47-15-16)17(2)28-26(52-39)14-23-21-13-25(24-12-20(40)7-9-37(24,5)22(21)8-10-38(23,28)6)50-36-33(46)34(30(43)19(4)49-36)51-35-32(45)31(44)29(42)18(3)48-35/h16-36,40-46H,7-15H2,1-6H3/t16-,17-,18-,19+,20-,21+,22-,23-,24+,25-,26-,27-,28-,29-,30+,31+,32+,33+,34-,35-,36-,37+,38-,39+/m0/s1. The molecule has 13 nitrogen and oxygen atoms in total. The highest BCUT2D eigenvalue weighted by atomic mass is 16.7. The Morgan fingerprint density at radius 1 is 0.635 bits per heavy atom. The van der Waals surface area contributed by atoms with Crippen molar-refractivity contribution in [3.05, 3.63) is 0 Å². The van der Waals surface area contributed by atoms with Crippen LogP contribution in [0.25, 0.3) is 0 Å². The summed E-state index contributed by atoms with van der Waals surface area (Å²) in [7, 11) is 0. The maximum Gasteiger partial charge on any atom is 0.197 e. The first-order valence-electron chi connectivity index (χ1n) is 20.2. The number of hydrogen-bond donors (Lipinski definition) is 7. The Morgan fingerprint density at radius 3 is 2.02 bits per heavy atom. The molecule has 4 saturated carbocycles. The van der Waals surface area contributed by atoms with Crippen molar-refractivity contribution in [3.8, 4) is 0 Å². The Bertz CT molecular complexity index is 1310. The first-order valence-corrected chi connectivity index (χ1v) is 20.2. The third-order valence-electron chi connectivity index (χ3n) is 16.1. The van der Waals surface area contributed by atoms with Crippen molar-refractivity contribution < 1.29 is 64.2 Å². The molecule has 8 rings (SSSR count). The maximum absolute atomic E-state index is 11.7. The van der Waals surface area contributed by atoms with Gasteiger partial charge in [0.2, 0.25) is 0 Å². The number of ether oxygens (including phenoxy) is 6. The molecular formula is C39H64O13. The Kier molecular flexibility index (Phi) is 10.0. The number of rotatable bonds is 4. The third kappa shape index (κ3) is 5.73. The van der Waals surface area contributed by atoms with Crippen LogP contribution in [0.4, 0.5) is 0 Å². The summed E-state index contributed by atoms with van der Waals surface area (Å²) in [5, 5.41) is 76.3. The zero-order valence-corrected chi connectivity index (χ0v) is 31.6. The molecule has 0 amide bonds. The molecular weight excluding hydrogens is 676 g/mol. The van der Waals surface area contributed by atoms with E-state index < -0.39 is 79.4 Å². The molecule has 0 aromatic carbocycles. The van der Waals surface area contributed by atoms with Crippen LogP contribution < -0.4 is 0 Å². The average Bonchev–Trinajstić information content (AvgIpc) is 3.55. The van der Waals surface area contributed by atoms with E-state index in [1.807, 2.05) is 0 Å². The molecule has 1 spiro atoms. The van der Waals surface area contributed by atoms with Crippen molar-refractivity contribution in [1.82, 2.24) is 0 Å².